The average Bonchev–Trinajstić information content (AvgIpc) is 2.41. The third-order valence-corrected chi connectivity index (χ3v) is 3.84. The van der Waals surface area contributed by atoms with E-state index in [2.05, 4.69) is 11.6 Å². The number of hydrogen-bond donors (Lipinski definition) is 0. The highest BCUT2D eigenvalue weighted by Gasteiger charge is 2.26. The van der Waals surface area contributed by atoms with Crippen LogP contribution >= 0.6 is 0 Å². The Morgan fingerprint density at radius 3 is 2.90 bits per heavy atom. The van der Waals surface area contributed by atoms with Crippen molar-refractivity contribution < 1.29 is 4.79 Å². The first-order valence-electron chi connectivity index (χ1n) is 6.73. The quantitative estimate of drug-likeness (QED) is 0.747. The van der Waals surface area contributed by atoms with Gasteiger partial charge in [0.25, 0.3) is 5.56 Å². The third kappa shape index (κ3) is 2.07. The molecular weight excluding hydrogens is 252 g/mol. The van der Waals surface area contributed by atoms with Crippen LogP contribution in [-0.4, -0.2) is 15.3 Å². The minimum absolute atomic E-state index is 0.0529. The maximum Gasteiger partial charge on any atom is 0.261 e. The number of fused-ring (bicyclic) bond motifs is 1. The molecule has 1 aliphatic rings. The van der Waals surface area contributed by atoms with Crippen molar-refractivity contribution in [3.8, 4) is 0 Å². The molecule has 1 atom stereocenters. The van der Waals surface area contributed by atoms with Crippen molar-refractivity contribution in [1.29, 1.82) is 0 Å². The maximum atomic E-state index is 12.6. The molecule has 20 heavy (non-hydrogen) atoms. The van der Waals surface area contributed by atoms with Gasteiger partial charge in [-0.2, -0.15) is 0 Å². The fourth-order valence-electron chi connectivity index (χ4n) is 2.72. The summed E-state index contributed by atoms with van der Waals surface area (Å²) in [4.78, 5) is 29.0. The van der Waals surface area contributed by atoms with Gasteiger partial charge in [-0.05, 0) is 31.9 Å². The Bertz CT molecular complexity index is 774. The molecule has 4 nitrogen and oxygen atoms in total. The van der Waals surface area contributed by atoms with Crippen LogP contribution in [0.2, 0.25) is 0 Å². The van der Waals surface area contributed by atoms with Gasteiger partial charge in [0.1, 0.15) is 0 Å². The highest BCUT2D eigenvalue weighted by atomic mass is 16.1. The number of benzene rings is 1. The van der Waals surface area contributed by atoms with Crippen molar-refractivity contribution in [1.82, 2.24) is 9.55 Å². The van der Waals surface area contributed by atoms with Gasteiger partial charge in [-0.1, -0.05) is 23.8 Å². The van der Waals surface area contributed by atoms with Gasteiger partial charge in [-0.25, -0.2) is 4.98 Å². The number of Topliss-reactive ketones (excluding diaryl/α,β-unsaturated/α-hetero) is 1. The molecule has 0 saturated heterocycles. The smallest absolute Gasteiger partial charge is 0.261 e. The lowest BCUT2D eigenvalue weighted by molar-refractivity contribution is -0.122. The maximum absolute atomic E-state index is 12.6. The number of aromatic nitrogens is 2. The molecule has 0 N–H and O–H groups in total. The van der Waals surface area contributed by atoms with E-state index in [1.54, 1.807) is 0 Å². The number of carbonyl (C=O) groups excluding carboxylic acids is 1. The number of nitrogens with zero attached hydrogens (tertiary/aromatic N) is 2. The van der Waals surface area contributed by atoms with Gasteiger partial charge in [0.15, 0.2) is 5.78 Å². The van der Waals surface area contributed by atoms with E-state index >= 15 is 0 Å². The van der Waals surface area contributed by atoms with E-state index in [9.17, 15) is 9.59 Å². The molecule has 0 aliphatic heterocycles. The van der Waals surface area contributed by atoms with Crippen molar-refractivity contribution in [3.63, 3.8) is 0 Å². The zero-order valence-corrected chi connectivity index (χ0v) is 11.4. The van der Waals surface area contributed by atoms with E-state index in [1.807, 2.05) is 25.1 Å². The Morgan fingerprint density at radius 1 is 1.35 bits per heavy atom. The normalized spacial score (nSPS) is 19.6. The monoisotopic (exact) mass is 268 g/mol. The summed E-state index contributed by atoms with van der Waals surface area (Å²) in [6.45, 7) is 5.79. The van der Waals surface area contributed by atoms with Crippen molar-refractivity contribution in [2.45, 2.75) is 32.2 Å². The van der Waals surface area contributed by atoms with Crippen LogP contribution in [0.1, 0.15) is 30.9 Å². The zero-order valence-electron chi connectivity index (χ0n) is 11.4. The molecule has 4 heteroatoms. The molecule has 2 aromatic rings. The first-order chi connectivity index (χ1) is 9.56. The Labute approximate surface area is 116 Å². The van der Waals surface area contributed by atoms with Gasteiger partial charge in [0.05, 0.1) is 23.3 Å². The van der Waals surface area contributed by atoms with Gasteiger partial charge in [0.2, 0.25) is 0 Å². The number of aryl methyl sites for hydroxylation is 1. The summed E-state index contributed by atoms with van der Waals surface area (Å²) in [5.74, 6) is 0.0529. The summed E-state index contributed by atoms with van der Waals surface area (Å²) in [6, 6.07) is 5.19. The molecule has 0 spiro atoms. The van der Waals surface area contributed by atoms with Crippen LogP contribution in [-0.2, 0) is 4.79 Å². The average molecular weight is 268 g/mol. The van der Waals surface area contributed by atoms with E-state index in [-0.39, 0.29) is 11.3 Å². The van der Waals surface area contributed by atoms with Crippen molar-refractivity contribution in [2.75, 3.05) is 0 Å². The van der Waals surface area contributed by atoms with Gasteiger partial charge in [-0.3, -0.25) is 14.2 Å². The Hall–Kier alpha value is -2.23. The molecule has 0 bridgehead atoms. The summed E-state index contributed by atoms with van der Waals surface area (Å²) in [6.07, 6.45) is 3.28. The van der Waals surface area contributed by atoms with E-state index in [4.69, 9.17) is 0 Å². The highest BCUT2D eigenvalue weighted by molar-refractivity contribution is 5.86. The van der Waals surface area contributed by atoms with Crippen LogP contribution < -0.4 is 5.56 Å². The summed E-state index contributed by atoms with van der Waals surface area (Å²) in [5, 5.41) is 0.574. The molecule has 1 unspecified atom stereocenters. The second-order valence-electron chi connectivity index (χ2n) is 5.43. The topological polar surface area (TPSA) is 52.0 Å². The summed E-state index contributed by atoms with van der Waals surface area (Å²) < 4.78 is 1.48. The second kappa shape index (κ2) is 4.71. The predicted octanol–water partition coefficient (Wildman–Crippen LogP) is 2.56. The SMILES string of the molecule is C=C1CCC(n2cnc3ccc(C)cc3c2=O)C(=O)C1. The number of ketones is 1. The van der Waals surface area contributed by atoms with E-state index in [1.165, 1.54) is 10.9 Å². The lowest BCUT2D eigenvalue weighted by Gasteiger charge is -2.23. The summed E-state index contributed by atoms with van der Waals surface area (Å²) in [5.41, 5.74) is 2.50. The van der Waals surface area contributed by atoms with Crippen LogP contribution in [0.25, 0.3) is 10.9 Å². The number of hydrogen-bond acceptors (Lipinski definition) is 3. The van der Waals surface area contributed by atoms with Crippen LogP contribution in [0.4, 0.5) is 0 Å². The fourth-order valence-corrected chi connectivity index (χ4v) is 2.72. The first-order valence-corrected chi connectivity index (χ1v) is 6.73. The molecule has 0 radical (unpaired) electrons. The van der Waals surface area contributed by atoms with Crippen LogP contribution in [0, 0.1) is 6.92 Å². The largest absolute Gasteiger partial charge is 0.297 e. The number of carbonyl (C=O) groups is 1. The second-order valence-corrected chi connectivity index (χ2v) is 5.43. The predicted molar refractivity (Wildman–Crippen MR) is 77.8 cm³/mol. The number of rotatable bonds is 1. The van der Waals surface area contributed by atoms with E-state index < -0.39 is 6.04 Å². The standard InChI is InChI=1S/C16H16N2O2/c1-10-3-5-13-12(7-10)16(20)18(9-17-13)14-6-4-11(2)8-15(14)19/h3,5,7,9,14H,2,4,6,8H2,1H3. The van der Waals surface area contributed by atoms with Crippen LogP contribution in [0.5, 0.6) is 0 Å². The summed E-state index contributed by atoms with van der Waals surface area (Å²) in [7, 11) is 0. The van der Waals surface area contributed by atoms with Gasteiger partial charge in [-0.15, -0.1) is 0 Å². The highest BCUT2D eigenvalue weighted by Crippen LogP contribution is 2.27. The van der Waals surface area contributed by atoms with Crippen molar-refractivity contribution >= 4 is 16.7 Å². The minimum Gasteiger partial charge on any atom is -0.297 e. The molecule has 1 fully saturated rings. The Kier molecular flexibility index (Phi) is 3.01. The zero-order chi connectivity index (χ0) is 14.3. The Morgan fingerprint density at radius 2 is 2.15 bits per heavy atom. The molecular formula is C16H16N2O2. The van der Waals surface area contributed by atoms with Crippen molar-refractivity contribution in [2.24, 2.45) is 0 Å². The van der Waals surface area contributed by atoms with Crippen molar-refractivity contribution in [3.05, 3.63) is 52.6 Å². The summed E-state index contributed by atoms with van der Waals surface area (Å²) >= 11 is 0. The molecule has 1 heterocycles. The number of allylic oxidation sites excluding steroid dienone is 1. The molecule has 1 saturated carbocycles. The lowest BCUT2D eigenvalue weighted by atomic mass is 9.90. The molecule has 0 amide bonds. The van der Waals surface area contributed by atoms with E-state index in [0.29, 0.717) is 23.7 Å². The molecule has 1 aromatic heterocycles. The van der Waals surface area contributed by atoms with Crippen LogP contribution in [0.15, 0.2) is 41.5 Å². The molecule has 3 rings (SSSR count). The minimum atomic E-state index is -0.398. The third-order valence-electron chi connectivity index (χ3n) is 3.84. The Balaban J connectivity index is 2.13. The first kappa shape index (κ1) is 12.8. The molecule has 1 aromatic carbocycles. The van der Waals surface area contributed by atoms with Crippen LogP contribution in [0.3, 0.4) is 0 Å². The van der Waals surface area contributed by atoms with Gasteiger partial charge >= 0.3 is 0 Å². The van der Waals surface area contributed by atoms with E-state index in [0.717, 1.165) is 17.6 Å². The molecule has 1 aliphatic carbocycles. The molecule has 102 valence electrons. The fraction of sp³-hybridized carbons (Fsp3) is 0.312. The van der Waals surface area contributed by atoms with Gasteiger partial charge in [0, 0.05) is 6.42 Å². The lowest BCUT2D eigenvalue weighted by Crippen LogP contribution is -2.32. The van der Waals surface area contributed by atoms with Gasteiger partial charge < -0.3 is 0 Å².